The lowest BCUT2D eigenvalue weighted by Crippen LogP contribution is -2.33. The third-order valence-corrected chi connectivity index (χ3v) is 6.14. The Bertz CT molecular complexity index is 1460. The van der Waals surface area contributed by atoms with Gasteiger partial charge < -0.3 is 11.5 Å². The summed E-state index contributed by atoms with van der Waals surface area (Å²) in [6, 6.07) is 9.19. The fourth-order valence-electron chi connectivity index (χ4n) is 3.38. The molecule has 1 aromatic heterocycles. The van der Waals surface area contributed by atoms with E-state index in [9.17, 15) is 36.0 Å². The number of carbonyl (C=O) groups is 2. The highest BCUT2D eigenvalue weighted by Crippen LogP contribution is 2.30. The molecule has 4 N–H and O–H groups in total. The molecule has 0 saturated carbocycles. The van der Waals surface area contributed by atoms with Crippen LogP contribution in [0, 0.1) is 0 Å². The third-order valence-electron chi connectivity index (χ3n) is 5.01. The van der Waals surface area contributed by atoms with E-state index >= 15 is 0 Å². The summed E-state index contributed by atoms with van der Waals surface area (Å²) in [6.45, 7) is 0. The molecule has 0 fully saturated rings. The Morgan fingerprint density at radius 2 is 1.62 bits per heavy atom. The second kappa shape index (κ2) is 8.78. The van der Waals surface area contributed by atoms with Crippen LogP contribution in [0.4, 0.5) is 13.2 Å². The minimum absolute atomic E-state index is 0.0291. The van der Waals surface area contributed by atoms with E-state index in [1.54, 1.807) is 0 Å². The number of pyridine rings is 1. The maximum Gasteiger partial charge on any atom is 0.416 e. The lowest BCUT2D eigenvalue weighted by Gasteiger charge is -2.16. The summed E-state index contributed by atoms with van der Waals surface area (Å²) < 4.78 is 63.4. The van der Waals surface area contributed by atoms with Crippen molar-refractivity contribution < 1.29 is 31.2 Å². The highest BCUT2D eigenvalue weighted by molar-refractivity contribution is 7.90. The van der Waals surface area contributed by atoms with Gasteiger partial charge in [0.15, 0.2) is 9.84 Å². The molecule has 8 nitrogen and oxygen atoms in total. The Hall–Kier alpha value is -3.93. The van der Waals surface area contributed by atoms with Crippen LogP contribution < -0.4 is 17.0 Å². The highest BCUT2D eigenvalue weighted by atomic mass is 32.2. The van der Waals surface area contributed by atoms with E-state index in [-0.39, 0.29) is 28.1 Å². The molecule has 12 heteroatoms. The van der Waals surface area contributed by atoms with Gasteiger partial charge in [0.1, 0.15) is 5.56 Å². The van der Waals surface area contributed by atoms with Crippen LogP contribution in [-0.4, -0.2) is 31.1 Å². The summed E-state index contributed by atoms with van der Waals surface area (Å²) in [5.41, 5.74) is 7.87. The fourth-order valence-corrected chi connectivity index (χ4v) is 4.01. The maximum absolute atomic E-state index is 13.1. The highest BCUT2D eigenvalue weighted by Gasteiger charge is 2.31. The minimum atomic E-state index is -4.70. The second-order valence-electron chi connectivity index (χ2n) is 7.44. The van der Waals surface area contributed by atoms with Crippen LogP contribution in [0.25, 0.3) is 5.69 Å². The van der Waals surface area contributed by atoms with Gasteiger partial charge >= 0.3 is 6.18 Å². The molecule has 3 rings (SSSR count). The van der Waals surface area contributed by atoms with Crippen molar-refractivity contribution in [3.63, 3.8) is 0 Å². The first-order chi connectivity index (χ1) is 15.7. The summed E-state index contributed by atoms with van der Waals surface area (Å²) in [5, 5.41) is 0. The number of halogens is 3. The van der Waals surface area contributed by atoms with E-state index in [1.807, 2.05) is 0 Å². The van der Waals surface area contributed by atoms with Crippen molar-refractivity contribution in [2.24, 2.45) is 11.5 Å². The van der Waals surface area contributed by atoms with Gasteiger partial charge in [-0.3, -0.25) is 19.0 Å². The number of carbonyl (C=O) groups excluding carboxylic acids is 2. The molecule has 178 valence electrons. The molecule has 0 aliphatic rings. The molecular formula is C22H18F3N3O5S. The van der Waals surface area contributed by atoms with Crippen molar-refractivity contribution in [2.75, 3.05) is 6.26 Å². The Balaban J connectivity index is 2.23. The van der Waals surface area contributed by atoms with Crippen LogP contribution in [0.3, 0.4) is 0 Å². The zero-order valence-electron chi connectivity index (χ0n) is 17.6. The van der Waals surface area contributed by atoms with Crippen LogP contribution in [0.5, 0.6) is 0 Å². The fraction of sp³-hybridized carbons (Fsp3) is 0.136. The number of alkyl halides is 3. The smallest absolute Gasteiger partial charge is 0.366 e. The summed E-state index contributed by atoms with van der Waals surface area (Å²) >= 11 is 0. The van der Waals surface area contributed by atoms with E-state index in [2.05, 4.69) is 0 Å². The minimum Gasteiger partial charge on any atom is -0.366 e. The number of amides is 2. The van der Waals surface area contributed by atoms with Crippen LogP contribution >= 0.6 is 0 Å². The number of nitrogens with zero attached hydrogens (tertiary/aromatic N) is 1. The number of hydrogen-bond donors (Lipinski definition) is 2. The largest absolute Gasteiger partial charge is 0.416 e. The lowest BCUT2D eigenvalue weighted by molar-refractivity contribution is -0.137. The van der Waals surface area contributed by atoms with Gasteiger partial charge in [0.05, 0.1) is 16.0 Å². The monoisotopic (exact) mass is 493 g/mol. The third kappa shape index (κ3) is 5.01. The molecule has 0 atom stereocenters. The number of sulfone groups is 1. The first kappa shape index (κ1) is 24.7. The SMILES string of the molecule is CS(=O)(=O)c1ccc(Cc2c(C(N)=O)cn(-c3cccc(C(F)(F)F)c3)c(=O)c2C(N)=O)cc1. The molecule has 1 heterocycles. The van der Waals surface area contributed by atoms with Crippen LogP contribution in [0.1, 0.15) is 37.4 Å². The molecular weight excluding hydrogens is 475 g/mol. The Kier molecular flexibility index (Phi) is 6.38. The first-order valence-corrected chi connectivity index (χ1v) is 11.4. The van der Waals surface area contributed by atoms with Gasteiger partial charge in [-0.15, -0.1) is 0 Å². The zero-order chi connectivity index (χ0) is 25.4. The zero-order valence-corrected chi connectivity index (χ0v) is 18.4. The predicted octanol–water partition coefficient (Wildman–Crippen LogP) is 2.05. The lowest BCUT2D eigenvalue weighted by atomic mass is 9.95. The van der Waals surface area contributed by atoms with Gasteiger partial charge in [0, 0.05) is 18.1 Å². The van der Waals surface area contributed by atoms with E-state index < -0.39 is 44.5 Å². The van der Waals surface area contributed by atoms with Crippen molar-refractivity contribution in [1.29, 1.82) is 0 Å². The number of aromatic nitrogens is 1. The molecule has 3 aromatic rings. The van der Waals surface area contributed by atoms with Crippen molar-refractivity contribution in [3.8, 4) is 5.69 Å². The van der Waals surface area contributed by atoms with Crippen molar-refractivity contribution in [3.05, 3.63) is 92.9 Å². The van der Waals surface area contributed by atoms with Gasteiger partial charge in [0.2, 0.25) is 0 Å². The van der Waals surface area contributed by atoms with E-state index in [4.69, 9.17) is 11.5 Å². The van der Waals surface area contributed by atoms with Crippen LogP contribution in [-0.2, 0) is 22.4 Å². The summed E-state index contributed by atoms with van der Waals surface area (Å²) in [7, 11) is -3.47. The molecule has 0 bridgehead atoms. The normalized spacial score (nSPS) is 11.9. The number of primary amides is 2. The summed E-state index contributed by atoms with van der Waals surface area (Å²) in [5.74, 6) is -2.26. The standard InChI is InChI=1S/C22H18F3N3O5S/c1-34(32,33)15-7-5-12(6-8-15)9-16-17(19(26)29)11-28(21(31)18(16)20(27)30)14-4-2-3-13(10-14)22(23,24)25/h2-8,10-11H,9H2,1H3,(H2,26,29)(H2,27,30). The summed E-state index contributed by atoms with van der Waals surface area (Å²) in [4.78, 5) is 37.5. The van der Waals surface area contributed by atoms with Gasteiger partial charge in [-0.2, -0.15) is 13.2 Å². The van der Waals surface area contributed by atoms with Crippen molar-refractivity contribution >= 4 is 21.7 Å². The summed E-state index contributed by atoms with van der Waals surface area (Å²) in [6.07, 6.45) is -2.92. The molecule has 0 radical (unpaired) electrons. The van der Waals surface area contributed by atoms with E-state index in [0.717, 1.165) is 24.6 Å². The number of rotatable bonds is 6. The van der Waals surface area contributed by atoms with Gasteiger partial charge in [-0.25, -0.2) is 8.42 Å². The molecule has 34 heavy (non-hydrogen) atoms. The van der Waals surface area contributed by atoms with Crippen LogP contribution in [0.2, 0.25) is 0 Å². The average molecular weight is 493 g/mol. The van der Waals surface area contributed by atoms with Crippen molar-refractivity contribution in [2.45, 2.75) is 17.5 Å². The first-order valence-electron chi connectivity index (χ1n) is 9.55. The number of benzene rings is 2. The molecule has 0 saturated heterocycles. The average Bonchev–Trinajstić information content (AvgIpc) is 2.72. The van der Waals surface area contributed by atoms with Gasteiger partial charge in [0.25, 0.3) is 17.4 Å². The van der Waals surface area contributed by atoms with Crippen LogP contribution in [0.15, 0.2) is 64.4 Å². The number of nitrogens with two attached hydrogens (primary N) is 2. The molecule has 2 amide bonds. The molecule has 0 spiro atoms. The van der Waals surface area contributed by atoms with Crippen molar-refractivity contribution in [1.82, 2.24) is 4.57 Å². The van der Waals surface area contributed by atoms with E-state index in [1.165, 1.54) is 30.3 Å². The Morgan fingerprint density at radius 1 is 1.00 bits per heavy atom. The molecule has 0 aliphatic heterocycles. The number of hydrogen-bond acceptors (Lipinski definition) is 5. The van der Waals surface area contributed by atoms with Gasteiger partial charge in [-0.05, 0) is 47.9 Å². The predicted molar refractivity (Wildman–Crippen MR) is 116 cm³/mol. The van der Waals surface area contributed by atoms with E-state index in [0.29, 0.717) is 16.2 Å². The topological polar surface area (TPSA) is 142 Å². The Morgan fingerprint density at radius 3 is 2.12 bits per heavy atom. The molecule has 0 unspecified atom stereocenters. The second-order valence-corrected chi connectivity index (χ2v) is 9.46. The Labute approximate surface area is 191 Å². The molecule has 2 aromatic carbocycles. The quantitative estimate of drug-likeness (QED) is 0.540. The van der Waals surface area contributed by atoms with Gasteiger partial charge in [-0.1, -0.05) is 18.2 Å². The molecule has 0 aliphatic carbocycles. The maximum atomic E-state index is 13.1.